The number of rotatable bonds is 5. The first kappa shape index (κ1) is 27.6. The van der Waals surface area contributed by atoms with Gasteiger partial charge < -0.3 is 19.9 Å². The number of thiol groups is 1. The Bertz CT molecular complexity index is 803. The summed E-state index contributed by atoms with van der Waals surface area (Å²) in [6, 6.07) is 14.4. The van der Waals surface area contributed by atoms with Gasteiger partial charge >= 0.3 is 0 Å². The maximum Gasteiger partial charge on any atom is 0.125 e. The predicted molar refractivity (Wildman–Crippen MR) is 142 cm³/mol. The molecule has 2 unspecified atom stereocenters. The van der Waals surface area contributed by atoms with Crippen molar-refractivity contribution in [2.75, 3.05) is 25.1 Å². The largest absolute Gasteiger partial charge is 0.490 e. The number of ether oxygens (including phenoxy) is 2. The van der Waals surface area contributed by atoms with Crippen LogP contribution in [0.25, 0.3) is 0 Å². The SMILES string of the molecule is CC.CCc1ccc(NCC(C)C)cc1.OC1CC(C2CCOCC2)Oc2ccc(S)cc21. The Morgan fingerprint density at radius 3 is 2.33 bits per heavy atom. The van der Waals surface area contributed by atoms with Crippen LogP contribution in [-0.4, -0.2) is 31.0 Å². The molecule has 2 aromatic carbocycles. The predicted octanol–water partition coefficient (Wildman–Crippen LogP) is 6.93. The fraction of sp³-hybridized carbons (Fsp3) is 0.571. The van der Waals surface area contributed by atoms with Crippen molar-refractivity contribution in [2.24, 2.45) is 11.8 Å². The standard InChI is InChI=1S/C14H18O3S.C12H19N.C2H6/c15-12-8-14(9-3-5-16-6-4-9)17-13-2-1-10(18)7-11(12)13;1-4-11-5-7-12(8-6-11)13-9-10(2)3;1-2/h1-2,7,9,12,14-15,18H,3-6,8H2;5-8,10,13H,4,9H2,1-3H3;1-2H3. The van der Waals surface area contributed by atoms with Crippen molar-refractivity contribution in [1.82, 2.24) is 0 Å². The summed E-state index contributed by atoms with van der Waals surface area (Å²) < 4.78 is 11.4. The van der Waals surface area contributed by atoms with Gasteiger partial charge in [-0.25, -0.2) is 0 Å². The normalized spacial score (nSPS) is 19.9. The molecule has 0 radical (unpaired) electrons. The maximum atomic E-state index is 10.2. The molecule has 4 rings (SSSR count). The lowest BCUT2D eigenvalue weighted by molar-refractivity contribution is -0.0151. The Kier molecular flexibility index (Phi) is 12.1. The van der Waals surface area contributed by atoms with Crippen LogP contribution in [0.15, 0.2) is 47.4 Å². The molecule has 5 heteroatoms. The van der Waals surface area contributed by atoms with E-state index in [0.717, 1.165) is 55.2 Å². The highest BCUT2D eigenvalue weighted by atomic mass is 32.1. The summed E-state index contributed by atoms with van der Waals surface area (Å²) in [6.07, 6.45) is 3.52. The summed E-state index contributed by atoms with van der Waals surface area (Å²) in [6.45, 7) is 13.3. The van der Waals surface area contributed by atoms with Gasteiger partial charge in [-0.2, -0.15) is 0 Å². The molecule has 33 heavy (non-hydrogen) atoms. The summed E-state index contributed by atoms with van der Waals surface area (Å²) in [5.74, 6) is 2.01. The average molecular weight is 474 g/mol. The zero-order valence-corrected chi connectivity index (χ0v) is 21.9. The van der Waals surface area contributed by atoms with Crippen LogP contribution in [0, 0.1) is 11.8 Å². The van der Waals surface area contributed by atoms with E-state index in [1.54, 1.807) is 0 Å². The third kappa shape index (κ3) is 8.88. The number of hydrogen-bond donors (Lipinski definition) is 3. The molecule has 2 aliphatic rings. The van der Waals surface area contributed by atoms with Crippen LogP contribution in [-0.2, 0) is 11.2 Å². The fourth-order valence-corrected chi connectivity index (χ4v) is 4.23. The molecular formula is C28H43NO3S. The highest BCUT2D eigenvalue weighted by molar-refractivity contribution is 7.80. The second kappa shape index (κ2) is 14.5. The van der Waals surface area contributed by atoms with Crippen LogP contribution in [0.2, 0.25) is 0 Å². The van der Waals surface area contributed by atoms with E-state index >= 15 is 0 Å². The molecule has 0 aromatic heterocycles. The van der Waals surface area contributed by atoms with E-state index < -0.39 is 6.10 Å². The van der Waals surface area contributed by atoms with E-state index in [0.29, 0.717) is 18.3 Å². The van der Waals surface area contributed by atoms with E-state index in [4.69, 9.17) is 9.47 Å². The molecule has 0 aliphatic carbocycles. The monoisotopic (exact) mass is 473 g/mol. The third-order valence-corrected chi connectivity index (χ3v) is 6.23. The molecule has 4 nitrogen and oxygen atoms in total. The second-order valence-electron chi connectivity index (χ2n) is 8.90. The summed E-state index contributed by atoms with van der Waals surface area (Å²) in [5.41, 5.74) is 3.49. The fourth-order valence-electron chi connectivity index (χ4n) is 4.02. The molecule has 2 aliphatic heterocycles. The van der Waals surface area contributed by atoms with Gasteiger partial charge in [0, 0.05) is 48.2 Å². The minimum Gasteiger partial charge on any atom is -0.490 e. The lowest BCUT2D eigenvalue weighted by Gasteiger charge is -2.36. The van der Waals surface area contributed by atoms with Gasteiger partial charge in [0.1, 0.15) is 11.9 Å². The quantitative estimate of drug-likeness (QED) is 0.412. The van der Waals surface area contributed by atoms with E-state index in [2.05, 4.69) is 63.0 Å². The van der Waals surface area contributed by atoms with E-state index in [1.807, 2.05) is 32.0 Å². The molecule has 2 N–H and O–H groups in total. The van der Waals surface area contributed by atoms with Gasteiger partial charge in [0.05, 0.1) is 6.10 Å². The lowest BCUT2D eigenvalue weighted by atomic mass is 9.87. The van der Waals surface area contributed by atoms with Crippen molar-refractivity contribution >= 4 is 18.3 Å². The molecule has 0 bridgehead atoms. The first-order valence-electron chi connectivity index (χ1n) is 12.5. The second-order valence-corrected chi connectivity index (χ2v) is 9.42. The van der Waals surface area contributed by atoms with Gasteiger partial charge in [0.25, 0.3) is 0 Å². The van der Waals surface area contributed by atoms with Crippen LogP contribution in [0.5, 0.6) is 5.75 Å². The smallest absolute Gasteiger partial charge is 0.125 e. The van der Waals surface area contributed by atoms with Crippen molar-refractivity contribution in [3.05, 3.63) is 53.6 Å². The first-order valence-corrected chi connectivity index (χ1v) is 13.0. The Labute approximate surface area is 206 Å². The Hall–Kier alpha value is -1.69. The Balaban J connectivity index is 0.000000228. The molecule has 1 fully saturated rings. The topological polar surface area (TPSA) is 50.7 Å². The van der Waals surface area contributed by atoms with Gasteiger partial charge in [-0.3, -0.25) is 0 Å². The molecule has 184 valence electrons. The van der Waals surface area contributed by atoms with Crippen molar-refractivity contribution < 1.29 is 14.6 Å². The van der Waals surface area contributed by atoms with Gasteiger partial charge in [-0.1, -0.05) is 46.8 Å². The van der Waals surface area contributed by atoms with Crippen LogP contribution in [0.3, 0.4) is 0 Å². The van der Waals surface area contributed by atoms with Crippen molar-refractivity contribution in [2.45, 2.75) is 77.4 Å². The number of nitrogens with one attached hydrogen (secondary N) is 1. The molecule has 0 spiro atoms. The van der Waals surface area contributed by atoms with Gasteiger partial charge in [-0.15, -0.1) is 12.6 Å². The highest BCUT2D eigenvalue weighted by Gasteiger charge is 2.33. The van der Waals surface area contributed by atoms with E-state index in [-0.39, 0.29) is 6.10 Å². The number of hydrogen-bond acceptors (Lipinski definition) is 5. The third-order valence-electron chi connectivity index (χ3n) is 5.95. The number of aliphatic hydroxyl groups excluding tert-OH is 1. The van der Waals surface area contributed by atoms with Gasteiger partial charge in [0.2, 0.25) is 0 Å². The van der Waals surface area contributed by atoms with Crippen LogP contribution >= 0.6 is 12.6 Å². The summed E-state index contributed by atoms with van der Waals surface area (Å²) >= 11 is 4.30. The van der Waals surface area contributed by atoms with Crippen LogP contribution in [0.1, 0.15) is 71.1 Å². The summed E-state index contributed by atoms with van der Waals surface area (Å²) in [5, 5.41) is 13.6. The lowest BCUT2D eigenvalue weighted by Crippen LogP contribution is -2.36. The summed E-state index contributed by atoms with van der Waals surface area (Å²) in [4.78, 5) is 0.862. The number of fused-ring (bicyclic) bond motifs is 1. The maximum absolute atomic E-state index is 10.2. The molecule has 0 amide bonds. The minimum atomic E-state index is -0.436. The van der Waals surface area contributed by atoms with Crippen LogP contribution in [0.4, 0.5) is 5.69 Å². The van der Waals surface area contributed by atoms with Gasteiger partial charge in [-0.05, 0) is 61.1 Å². The minimum absolute atomic E-state index is 0.113. The van der Waals surface area contributed by atoms with Crippen molar-refractivity contribution in [1.29, 1.82) is 0 Å². The van der Waals surface area contributed by atoms with Gasteiger partial charge in [0.15, 0.2) is 0 Å². The highest BCUT2D eigenvalue weighted by Crippen LogP contribution is 2.39. The Morgan fingerprint density at radius 1 is 1.06 bits per heavy atom. The number of benzene rings is 2. The molecule has 0 saturated carbocycles. The first-order chi connectivity index (χ1) is 16.0. The number of aryl methyl sites for hydroxylation is 1. The molecule has 2 atom stereocenters. The van der Waals surface area contributed by atoms with Crippen molar-refractivity contribution in [3.8, 4) is 5.75 Å². The molecule has 2 heterocycles. The summed E-state index contributed by atoms with van der Waals surface area (Å²) in [7, 11) is 0. The molecular weight excluding hydrogens is 430 g/mol. The molecule has 2 aromatic rings. The zero-order valence-electron chi connectivity index (χ0n) is 21.0. The van der Waals surface area contributed by atoms with E-state index in [9.17, 15) is 5.11 Å². The average Bonchev–Trinajstić information content (AvgIpc) is 2.85. The number of aliphatic hydroxyl groups is 1. The van der Waals surface area contributed by atoms with Crippen molar-refractivity contribution in [3.63, 3.8) is 0 Å². The van der Waals surface area contributed by atoms with E-state index in [1.165, 1.54) is 11.3 Å². The zero-order chi connectivity index (χ0) is 24.2. The molecule has 1 saturated heterocycles. The Morgan fingerprint density at radius 2 is 1.73 bits per heavy atom. The van der Waals surface area contributed by atoms with Crippen LogP contribution < -0.4 is 10.1 Å². The number of anilines is 1.